The summed E-state index contributed by atoms with van der Waals surface area (Å²) in [5, 5.41) is 4.32. The molecule has 1 aliphatic rings. The first-order chi connectivity index (χ1) is 8.15. The van der Waals surface area contributed by atoms with Gasteiger partial charge in [-0.1, -0.05) is 49.9 Å². The van der Waals surface area contributed by atoms with E-state index in [4.69, 9.17) is 11.6 Å². The van der Waals surface area contributed by atoms with Crippen molar-refractivity contribution >= 4 is 11.6 Å². The molecule has 0 aromatic heterocycles. The standard InChI is InChI=1S/C15H22ClN/c1-15(10-4-3-5-11-15)14(17-2)12-6-8-13(16)9-7-12/h6-9,14,17H,3-5,10-11H2,1-2H3. The number of hydrogen-bond acceptors (Lipinski definition) is 1. The molecule has 1 saturated carbocycles. The molecule has 0 bridgehead atoms. The molecule has 1 unspecified atom stereocenters. The van der Waals surface area contributed by atoms with Gasteiger partial charge in [-0.2, -0.15) is 0 Å². The van der Waals surface area contributed by atoms with Crippen LogP contribution in [0, 0.1) is 5.41 Å². The quantitative estimate of drug-likeness (QED) is 0.830. The molecule has 1 atom stereocenters. The normalized spacial score (nSPS) is 21.1. The fourth-order valence-corrected chi connectivity index (χ4v) is 3.35. The highest BCUT2D eigenvalue weighted by Gasteiger charge is 2.35. The molecule has 1 aromatic rings. The van der Waals surface area contributed by atoms with Crippen LogP contribution in [0.5, 0.6) is 0 Å². The van der Waals surface area contributed by atoms with Crippen LogP contribution in [0.25, 0.3) is 0 Å². The van der Waals surface area contributed by atoms with E-state index in [-0.39, 0.29) is 0 Å². The van der Waals surface area contributed by atoms with Gasteiger partial charge in [-0.15, -0.1) is 0 Å². The third-order valence-electron chi connectivity index (χ3n) is 4.18. The van der Waals surface area contributed by atoms with Gasteiger partial charge in [0.05, 0.1) is 0 Å². The lowest BCUT2D eigenvalue weighted by Gasteiger charge is -2.41. The molecule has 0 aliphatic heterocycles. The van der Waals surface area contributed by atoms with Crippen molar-refractivity contribution in [2.45, 2.75) is 45.1 Å². The molecule has 1 aromatic carbocycles. The highest BCUT2D eigenvalue weighted by atomic mass is 35.5. The summed E-state index contributed by atoms with van der Waals surface area (Å²) >= 11 is 5.96. The second-order valence-electron chi connectivity index (χ2n) is 5.49. The Morgan fingerprint density at radius 1 is 1.12 bits per heavy atom. The molecule has 2 rings (SSSR count). The van der Waals surface area contributed by atoms with Crippen LogP contribution >= 0.6 is 11.6 Å². The molecule has 1 N–H and O–H groups in total. The van der Waals surface area contributed by atoms with Gasteiger partial charge in [0, 0.05) is 11.1 Å². The van der Waals surface area contributed by atoms with Gasteiger partial charge >= 0.3 is 0 Å². The van der Waals surface area contributed by atoms with Crippen LogP contribution in [0.15, 0.2) is 24.3 Å². The summed E-state index contributed by atoms with van der Waals surface area (Å²) in [7, 11) is 2.07. The Balaban J connectivity index is 2.22. The number of halogens is 1. The van der Waals surface area contributed by atoms with Crippen LogP contribution in [0.3, 0.4) is 0 Å². The van der Waals surface area contributed by atoms with Crippen LogP contribution in [0.1, 0.15) is 50.6 Å². The minimum absolute atomic E-state index is 0.390. The third-order valence-corrected chi connectivity index (χ3v) is 4.44. The first-order valence-corrected chi connectivity index (χ1v) is 6.96. The fourth-order valence-electron chi connectivity index (χ4n) is 3.22. The third kappa shape index (κ3) is 2.83. The molecule has 94 valence electrons. The van der Waals surface area contributed by atoms with Gasteiger partial charge in [0.1, 0.15) is 0 Å². The molecule has 17 heavy (non-hydrogen) atoms. The Morgan fingerprint density at radius 3 is 2.24 bits per heavy atom. The molecule has 0 amide bonds. The number of nitrogens with one attached hydrogen (secondary N) is 1. The largest absolute Gasteiger partial charge is 0.313 e. The van der Waals surface area contributed by atoms with Gasteiger partial charge in [0.25, 0.3) is 0 Å². The number of hydrogen-bond donors (Lipinski definition) is 1. The van der Waals surface area contributed by atoms with Crippen LogP contribution in [0.2, 0.25) is 5.02 Å². The molecule has 1 fully saturated rings. The van der Waals surface area contributed by atoms with E-state index in [0.717, 1.165) is 5.02 Å². The monoisotopic (exact) mass is 251 g/mol. The van der Waals surface area contributed by atoms with E-state index >= 15 is 0 Å². The summed E-state index contributed by atoms with van der Waals surface area (Å²) < 4.78 is 0. The maximum atomic E-state index is 5.96. The van der Waals surface area contributed by atoms with E-state index < -0.39 is 0 Å². The van der Waals surface area contributed by atoms with Crippen molar-refractivity contribution < 1.29 is 0 Å². The smallest absolute Gasteiger partial charge is 0.0406 e. The molecular formula is C15H22ClN. The Hall–Kier alpha value is -0.530. The predicted octanol–water partition coefficient (Wildman–Crippen LogP) is 4.57. The summed E-state index contributed by atoms with van der Waals surface area (Å²) in [6.07, 6.45) is 6.76. The van der Waals surface area contributed by atoms with Crippen LogP contribution in [-0.4, -0.2) is 7.05 Å². The zero-order valence-corrected chi connectivity index (χ0v) is 11.6. The van der Waals surface area contributed by atoms with Crippen LogP contribution < -0.4 is 5.32 Å². The summed E-state index contributed by atoms with van der Waals surface area (Å²) in [5.74, 6) is 0. The number of rotatable bonds is 3. The first kappa shape index (κ1) is 12.9. The lowest BCUT2D eigenvalue weighted by atomic mass is 9.68. The van der Waals surface area contributed by atoms with Crippen molar-refractivity contribution in [3.05, 3.63) is 34.9 Å². The Bertz CT molecular complexity index is 352. The summed E-state index contributed by atoms with van der Waals surface area (Å²) in [5.41, 5.74) is 1.75. The van der Waals surface area contributed by atoms with Crippen molar-refractivity contribution in [3.63, 3.8) is 0 Å². The maximum Gasteiger partial charge on any atom is 0.0406 e. The average Bonchev–Trinajstić information content (AvgIpc) is 2.33. The van der Waals surface area contributed by atoms with E-state index in [2.05, 4.69) is 31.4 Å². The van der Waals surface area contributed by atoms with Gasteiger partial charge in [-0.25, -0.2) is 0 Å². The Kier molecular flexibility index (Phi) is 4.11. The van der Waals surface area contributed by atoms with Gasteiger partial charge in [-0.3, -0.25) is 0 Å². The lowest BCUT2D eigenvalue weighted by molar-refractivity contribution is 0.150. The molecule has 1 nitrogen and oxygen atoms in total. The highest BCUT2D eigenvalue weighted by Crippen LogP contribution is 2.45. The zero-order chi connectivity index (χ0) is 12.3. The highest BCUT2D eigenvalue weighted by molar-refractivity contribution is 6.30. The van der Waals surface area contributed by atoms with E-state index in [1.807, 2.05) is 12.1 Å². The molecule has 1 aliphatic carbocycles. The van der Waals surface area contributed by atoms with Crippen LogP contribution in [0.4, 0.5) is 0 Å². The molecule has 0 radical (unpaired) electrons. The van der Waals surface area contributed by atoms with E-state index in [1.54, 1.807) is 0 Å². The van der Waals surface area contributed by atoms with Crippen molar-refractivity contribution in [3.8, 4) is 0 Å². The van der Waals surface area contributed by atoms with E-state index in [0.29, 0.717) is 11.5 Å². The van der Waals surface area contributed by atoms with Gasteiger partial charge in [0.2, 0.25) is 0 Å². The molecule has 0 saturated heterocycles. The van der Waals surface area contributed by atoms with Gasteiger partial charge < -0.3 is 5.32 Å². The Morgan fingerprint density at radius 2 is 1.71 bits per heavy atom. The summed E-state index contributed by atoms with van der Waals surface area (Å²) in [6.45, 7) is 2.42. The van der Waals surface area contributed by atoms with Crippen molar-refractivity contribution in [1.29, 1.82) is 0 Å². The Labute approximate surface area is 110 Å². The minimum Gasteiger partial charge on any atom is -0.313 e. The van der Waals surface area contributed by atoms with Crippen molar-refractivity contribution in [2.24, 2.45) is 5.41 Å². The number of benzene rings is 1. The summed E-state index contributed by atoms with van der Waals surface area (Å²) in [4.78, 5) is 0. The molecular weight excluding hydrogens is 230 g/mol. The molecule has 0 heterocycles. The maximum absolute atomic E-state index is 5.96. The molecule has 0 spiro atoms. The van der Waals surface area contributed by atoms with E-state index in [1.165, 1.54) is 37.7 Å². The minimum atomic E-state index is 0.390. The van der Waals surface area contributed by atoms with Crippen LogP contribution in [-0.2, 0) is 0 Å². The second-order valence-corrected chi connectivity index (χ2v) is 5.92. The van der Waals surface area contributed by atoms with Crippen molar-refractivity contribution in [1.82, 2.24) is 5.32 Å². The van der Waals surface area contributed by atoms with Gasteiger partial charge in [0.15, 0.2) is 0 Å². The van der Waals surface area contributed by atoms with Crippen molar-refractivity contribution in [2.75, 3.05) is 7.05 Å². The van der Waals surface area contributed by atoms with Gasteiger partial charge in [-0.05, 0) is 43.0 Å². The summed E-state index contributed by atoms with van der Waals surface area (Å²) in [6, 6.07) is 8.74. The topological polar surface area (TPSA) is 12.0 Å². The SMILES string of the molecule is CNC(c1ccc(Cl)cc1)C1(C)CCCCC1. The molecule has 2 heteroatoms. The lowest BCUT2D eigenvalue weighted by Crippen LogP contribution is -2.36. The second kappa shape index (κ2) is 5.41. The predicted molar refractivity (Wildman–Crippen MR) is 74.4 cm³/mol. The zero-order valence-electron chi connectivity index (χ0n) is 10.8. The fraction of sp³-hybridized carbons (Fsp3) is 0.600. The average molecular weight is 252 g/mol. The van der Waals surface area contributed by atoms with E-state index in [9.17, 15) is 0 Å². The first-order valence-electron chi connectivity index (χ1n) is 6.58.